The minimum absolute atomic E-state index is 0.0323. The maximum atomic E-state index is 12.9. The highest BCUT2D eigenvalue weighted by atomic mass is 16.5. The number of aryl methyl sites for hydroxylation is 2. The molecule has 2 rings (SSSR count). The lowest BCUT2D eigenvalue weighted by Crippen LogP contribution is -2.31. The van der Waals surface area contributed by atoms with Crippen molar-refractivity contribution in [2.45, 2.75) is 47.5 Å². The fourth-order valence-electron chi connectivity index (χ4n) is 3.01. The third kappa shape index (κ3) is 7.38. The quantitative estimate of drug-likeness (QED) is 0.464. The molecule has 0 heterocycles. The monoisotopic (exact) mass is 413 g/mol. The molecule has 5 heteroatoms. The first-order valence-corrected chi connectivity index (χ1v) is 10.6. The van der Waals surface area contributed by atoms with Gasteiger partial charge in [-0.2, -0.15) is 0 Å². The molecule has 0 aliphatic carbocycles. The lowest BCUT2D eigenvalue weighted by atomic mass is 9.87. The van der Waals surface area contributed by atoms with E-state index in [-0.39, 0.29) is 5.91 Å². The van der Waals surface area contributed by atoms with Crippen LogP contribution >= 0.6 is 0 Å². The molecule has 0 fully saturated rings. The van der Waals surface area contributed by atoms with Gasteiger partial charge in [0.15, 0.2) is 0 Å². The number of ether oxygens (including phenoxy) is 3. The van der Waals surface area contributed by atoms with Crippen molar-refractivity contribution in [3.63, 3.8) is 0 Å². The molecule has 0 saturated carbocycles. The van der Waals surface area contributed by atoms with Crippen LogP contribution in [0.2, 0.25) is 0 Å². The molecule has 0 spiro atoms. The number of carbonyl (C=O) groups is 1. The number of anilines is 1. The highest BCUT2D eigenvalue weighted by Crippen LogP contribution is 2.29. The maximum Gasteiger partial charge on any atom is 0.230 e. The average molecular weight is 414 g/mol. The predicted molar refractivity (Wildman–Crippen MR) is 121 cm³/mol. The van der Waals surface area contributed by atoms with Gasteiger partial charge in [0.2, 0.25) is 5.91 Å². The molecule has 0 bridgehead atoms. The number of nitrogens with one attached hydrogen (secondary N) is 1. The molecule has 0 saturated heterocycles. The van der Waals surface area contributed by atoms with Gasteiger partial charge in [-0.3, -0.25) is 4.79 Å². The molecule has 5 nitrogen and oxygen atoms in total. The Morgan fingerprint density at radius 3 is 2.47 bits per heavy atom. The number of benzene rings is 2. The molecule has 1 N–H and O–H groups in total. The van der Waals surface area contributed by atoms with E-state index >= 15 is 0 Å². The van der Waals surface area contributed by atoms with Gasteiger partial charge in [-0.25, -0.2) is 0 Å². The topological polar surface area (TPSA) is 56.8 Å². The number of para-hydroxylation sites is 2. The highest BCUT2D eigenvalue weighted by molar-refractivity contribution is 5.96. The smallest absolute Gasteiger partial charge is 0.230 e. The molecule has 0 atom stereocenters. The molecule has 164 valence electrons. The normalized spacial score (nSPS) is 11.2. The summed E-state index contributed by atoms with van der Waals surface area (Å²) in [6.07, 6.45) is 1.51. The highest BCUT2D eigenvalue weighted by Gasteiger charge is 2.28. The molecular formula is C25H35NO4. The van der Waals surface area contributed by atoms with Gasteiger partial charge in [0.05, 0.1) is 18.9 Å². The van der Waals surface area contributed by atoms with Gasteiger partial charge in [0.1, 0.15) is 18.1 Å². The molecule has 0 aliphatic heterocycles. The zero-order valence-corrected chi connectivity index (χ0v) is 18.9. The average Bonchev–Trinajstić information content (AvgIpc) is 2.72. The Bertz CT molecular complexity index is 817. The van der Waals surface area contributed by atoms with Gasteiger partial charge in [-0.1, -0.05) is 38.1 Å². The van der Waals surface area contributed by atoms with Crippen LogP contribution in [0.3, 0.4) is 0 Å². The van der Waals surface area contributed by atoms with Crippen LogP contribution in [0.15, 0.2) is 42.5 Å². The lowest BCUT2D eigenvalue weighted by Gasteiger charge is -2.24. The molecule has 2 aromatic carbocycles. The molecule has 0 aromatic heterocycles. The standard InChI is InChI=1S/C25H35NO4/c1-6-28-16-17-30-22-11-8-7-10-21(22)26-24(27)25(4,5)14-9-15-29-23-18-19(2)12-13-20(23)3/h7-8,10-13,18H,6,9,14-17H2,1-5H3,(H,26,27). The first kappa shape index (κ1) is 23.7. The Hall–Kier alpha value is -2.53. The van der Waals surface area contributed by atoms with Crippen molar-refractivity contribution in [3.05, 3.63) is 53.6 Å². The summed E-state index contributed by atoms with van der Waals surface area (Å²) in [7, 11) is 0. The van der Waals surface area contributed by atoms with E-state index in [4.69, 9.17) is 14.2 Å². The number of rotatable bonds is 12. The fourth-order valence-corrected chi connectivity index (χ4v) is 3.01. The third-order valence-electron chi connectivity index (χ3n) is 4.99. The summed E-state index contributed by atoms with van der Waals surface area (Å²) in [6.45, 7) is 12.2. The van der Waals surface area contributed by atoms with Crippen molar-refractivity contribution in [1.82, 2.24) is 0 Å². The Kier molecular flexibility index (Phi) is 9.18. The van der Waals surface area contributed by atoms with Crippen molar-refractivity contribution in [2.24, 2.45) is 5.41 Å². The van der Waals surface area contributed by atoms with Gasteiger partial charge >= 0.3 is 0 Å². The van der Waals surface area contributed by atoms with E-state index in [1.165, 1.54) is 5.56 Å². The van der Waals surface area contributed by atoms with Gasteiger partial charge in [-0.05, 0) is 62.9 Å². The first-order chi connectivity index (χ1) is 14.3. The Morgan fingerprint density at radius 2 is 1.70 bits per heavy atom. The van der Waals surface area contributed by atoms with E-state index in [9.17, 15) is 4.79 Å². The van der Waals surface area contributed by atoms with Crippen LogP contribution in [-0.2, 0) is 9.53 Å². The first-order valence-electron chi connectivity index (χ1n) is 10.6. The van der Waals surface area contributed by atoms with Crippen molar-refractivity contribution in [3.8, 4) is 11.5 Å². The van der Waals surface area contributed by atoms with Crippen molar-refractivity contribution in [1.29, 1.82) is 0 Å². The molecular weight excluding hydrogens is 378 g/mol. The summed E-state index contributed by atoms with van der Waals surface area (Å²) >= 11 is 0. The van der Waals surface area contributed by atoms with Crippen LogP contribution in [-0.4, -0.2) is 32.3 Å². The molecule has 0 unspecified atom stereocenters. The van der Waals surface area contributed by atoms with Crippen molar-refractivity contribution < 1.29 is 19.0 Å². The zero-order chi connectivity index (χ0) is 22.0. The van der Waals surface area contributed by atoms with Crippen molar-refractivity contribution >= 4 is 11.6 Å². The van der Waals surface area contributed by atoms with E-state index in [0.717, 1.165) is 24.2 Å². The van der Waals surface area contributed by atoms with E-state index in [1.54, 1.807) is 0 Å². The summed E-state index contributed by atoms with van der Waals surface area (Å²) in [5, 5.41) is 3.02. The summed E-state index contributed by atoms with van der Waals surface area (Å²) < 4.78 is 17.0. The van der Waals surface area contributed by atoms with Gasteiger partial charge < -0.3 is 19.5 Å². The Labute approximate surface area is 180 Å². The Morgan fingerprint density at radius 1 is 0.967 bits per heavy atom. The summed E-state index contributed by atoms with van der Waals surface area (Å²) in [5.41, 5.74) is 2.46. The molecule has 30 heavy (non-hydrogen) atoms. The van der Waals surface area contributed by atoms with Crippen LogP contribution in [0.25, 0.3) is 0 Å². The summed E-state index contributed by atoms with van der Waals surface area (Å²) in [6, 6.07) is 13.7. The van der Waals surface area contributed by atoms with Crippen LogP contribution in [0.1, 0.15) is 44.7 Å². The zero-order valence-electron chi connectivity index (χ0n) is 18.9. The molecule has 0 radical (unpaired) electrons. The van der Waals surface area contributed by atoms with Gasteiger partial charge in [0.25, 0.3) is 0 Å². The van der Waals surface area contributed by atoms with Gasteiger partial charge in [0, 0.05) is 12.0 Å². The predicted octanol–water partition coefficient (Wildman–Crippen LogP) is 5.54. The molecule has 1 amide bonds. The largest absolute Gasteiger partial charge is 0.493 e. The summed E-state index contributed by atoms with van der Waals surface area (Å²) in [5.74, 6) is 1.53. The molecule has 2 aromatic rings. The second-order valence-corrected chi connectivity index (χ2v) is 8.10. The molecule has 0 aliphatic rings. The third-order valence-corrected chi connectivity index (χ3v) is 4.99. The van der Waals surface area contributed by atoms with Gasteiger partial charge in [-0.15, -0.1) is 0 Å². The second kappa shape index (κ2) is 11.6. The number of hydrogen-bond donors (Lipinski definition) is 1. The second-order valence-electron chi connectivity index (χ2n) is 8.10. The SMILES string of the molecule is CCOCCOc1ccccc1NC(=O)C(C)(C)CCCOc1cc(C)ccc1C. The number of amides is 1. The Balaban J connectivity index is 1.86. The van der Waals surface area contributed by atoms with E-state index in [0.29, 0.717) is 37.9 Å². The minimum Gasteiger partial charge on any atom is -0.493 e. The van der Waals surface area contributed by atoms with Crippen LogP contribution < -0.4 is 14.8 Å². The fraction of sp³-hybridized carbons (Fsp3) is 0.480. The van der Waals surface area contributed by atoms with Crippen molar-refractivity contribution in [2.75, 3.05) is 31.7 Å². The van der Waals surface area contributed by atoms with E-state index in [2.05, 4.69) is 30.4 Å². The van der Waals surface area contributed by atoms with E-state index < -0.39 is 5.41 Å². The van der Waals surface area contributed by atoms with E-state index in [1.807, 2.05) is 52.0 Å². The minimum atomic E-state index is -0.524. The number of hydrogen-bond acceptors (Lipinski definition) is 4. The number of carbonyl (C=O) groups excluding carboxylic acids is 1. The summed E-state index contributed by atoms with van der Waals surface area (Å²) in [4.78, 5) is 12.9. The van der Waals surface area contributed by atoms with Crippen LogP contribution in [0, 0.1) is 19.3 Å². The lowest BCUT2D eigenvalue weighted by molar-refractivity contribution is -0.124. The van der Waals surface area contributed by atoms with Crippen LogP contribution in [0.4, 0.5) is 5.69 Å². The van der Waals surface area contributed by atoms with Crippen LogP contribution in [0.5, 0.6) is 11.5 Å². The maximum absolute atomic E-state index is 12.9.